The van der Waals surface area contributed by atoms with Crippen LogP contribution in [0.3, 0.4) is 0 Å². The molecule has 0 unspecified atom stereocenters. The number of nitrogens with zero attached hydrogens (tertiary/aromatic N) is 6. The van der Waals surface area contributed by atoms with Crippen molar-refractivity contribution in [3.05, 3.63) is 78.2 Å². The second-order valence-corrected chi connectivity index (χ2v) is 9.31. The predicted octanol–water partition coefficient (Wildman–Crippen LogP) is 4.31. The first-order valence-electron chi connectivity index (χ1n) is 12.2. The molecule has 184 valence electrons. The van der Waals surface area contributed by atoms with E-state index in [0.717, 1.165) is 36.7 Å². The number of hydrogen-bond donors (Lipinski definition) is 3. The van der Waals surface area contributed by atoms with E-state index in [4.69, 9.17) is 0 Å². The number of rotatable bonds is 7. The molecule has 36 heavy (non-hydrogen) atoms. The van der Waals surface area contributed by atoms with Gasteiger partial charge in [-0.2, -0.15) is 4.98 Å². The van der Waals surface area contributed by atoms with E-state index in [1.807, 2.05) is 31.2 Å². The van der Waals surface area contributed by atoms with Crippen LogP contribution < -0.4 is 16.0 Å². The van der Waals surface area contributed by atoms with Crippen LogP contribution in [0, 0.1) is 6.92 Å². The SMILES string of the molecule is Cc1cccc(-c2nccc(Nc3ccnc(Nc4cccc(CN5C[C@@H](C)N[C@@H](C)C5)c4)n3)n2)n1. The van der Waals surface area contributed by atoms with Gasteiger partial charge in [0.1, 0.15) is 17.3 Å². The maximum Gasteiger partial charge on any atom is 0.229 e. The molecule has 0 amide bonds. The number of hydrogen-bond acceptors (Lipinski definition) is 9. The van der Waals surface area contributed by atoms with Crippen LogP contribution in [0.5, 0.6) is 0 Å². The highest BCUT2D eigenvalue weighted by Crippen LogP contribution is 2.20. The molecule has 0 saturated carbocycles. The lowest BCUT2D eigenvalue weighted by atomic mass is 10.1. The molecule has 4 heterocycles. The third-order valence-corrected chi connectivity index (χ3v) is 5.91. The molecule has 3 N–H and O–H groups in total. The molecule has 2 atom stereocenters. The summed E-state index contributed by atoms with van der Waals surface area (Å²) in [6, 6.07) is 18.8. The average molecular weight is 482 g/mol. The van der Waals surface area contributed by atoms with Gasteiger partial charge < -0.3 is 16.0 Å². The van der Waals surface area contributed by atoms with Gasteiger partial charge in [0.15, 0.2) is 5.82 Å². The molecule has 9 heteroatoms. The Bertz CT molecular complexity index is 1320. The number of piperazine rings is 1. The number of aryl methyl sites for hydroxylation is 1. The number of anilines is 4. The summed E-state index contributed by atoms with van der Waals surface area (Å²) >= 11 is 0. The van der Waals surface area contributed by atoms with Crippen LogP contribution in [0.4, 0.5) is 23.3 Å². The molecular weight excluding hydrogens is 450 g/mol. The molecule has 5 rings (SSSR count). The first kappa shape index (κ1) is 23.8. The Hall–Kier alpha value is -3.95. The highest BCUT2D eigenvalue weighted by atomic mass is 15.2. The van der Waals surface area contributed by atoms with Gasteiger partial charge in [-0.05, 0) is 62.7 Å². The van der Waals surface area contributed by atoms with E-state index in [1.165, 1.54) is 5.56 Å². The predicted molar refractivity (Wildman–Crippen MR) is 142 cm³/mol. The lowest BCUT2D eigenvalue weighted by molar-refractivity contribution is 0.166. The van der Waals surface area contributed by atoms with Crippen LogP contribution >= 0.6 is 0 Å². The average Bonchev–Trinajstić information content (AvgIpc) is 2.84. The molecule has 9 nitrogen and oxygen atoms in total. The molecule has 1 saturated heterocycles. The topological polar surface area (TPSA) is 104 Å². The molecular formula is C27H31N9. The summed E-state index contributed by atoms with van der Waals surface area (Å²) in [6.07, 6.45) is 3.43. The molecule has 4 aromatic rings. The van der Waals surface area contributed by atoms with Gasteiger partial charge in [0.05, 0.1) is 0 Å². The maximum atomic E-state index is 4.62. The summed E-state index contributed by atoms with van der Waals surface area (Å²) in [4.78, 5) is 25.0. The first-order chi connectivity index (χ1) is 17.5. The quantitative estimate of drug-likeness (QED) is 0.356. The fraction of sp³-hybridized carbons (Fsp3) is 0.296. The van der Waals surface area contributed by atoms with Gasteiger partial charge in [0.25, 0.3) is 0 Å². The molecule has 0 spiro atoms. The fourth-order valence-electron chi connectivity index (χ4n) is 4.54. The van der Waals surface area contributed by atoms with Crippen molar-refractivity contribution >= 4 is 23.3 Å². The van der Waals surface area contributed by atoms with E-state index in [2.05, 4.69) is 77.8 Å². The van der Waals surface area contributed by atoms with E-state index >= 15 is 0 Å². The highest BCUT2D eigenvalue weighted by molar-refractivity contribution is 5.59. The number of aromatic nitrogens is 5. The molecule has 0 aliphatic carbocycles. The summed E-state index contributed by atoms with van der Waals surface area (Å²) in [7, 11) is 0. The summed E-state index contributed by atoms with van der Waals surface area (Å²) in [5.41, 5.74) is 3.86. The molecule has 0 bridgehead atoms. The second kappa shape index (κ2) is 10.8. The molecule has 1 aliphatic heterocycles. The molecule has 0 radical (unpaired) electrons. The first-order valence-corrected chi connectivity index (χ1v) is 12.2. The zero-order valence-electron chi connectivity index (χ0n) is 20.8. The zero-order valence-corrected chi connectivity index (χ0v) is 20.8. The lowest BCUT2D eigenvalue weighted by Crippen LogP contribution is -2.53. The normalized spacial score (nSPS) is 18.1. The Kier molecular flexibility index (Phi) is 7.11. The Morgan fingerprint density at radius 1 is 0.861 bits per heavy atom. The van der Waals surface area contributed by atoms with E-state index in [1.54, 1.807) is 24.5 Å². The van der Waals surface area contributed by atoms with Crippen molar-refractivity contribution in [2.45, 2.75) is 39.4 Å². The van der Waals surface area contributed by atoms with Crippen molar-refractivity contribution in [2.24, 2.45) is 0 Å². The Morgan fingerprint density at radius 2 is 1.61 bits per heavy atom. The molecule has 1 aliphatic rings. The van der Waals surface area contributed by atoms with E-state index < -0.39 is 0 Å². The van der Waals surface area contributed by atoms with Gasteiger partial charge in [-0.3, -0.25) is 4.90 Å². The maximum absolute atomic E-state index is 4.62. The Balaban J connectivity index is 1.26. The van der Waals surface area contributed by atoms with Gasteiger partial charge >= 0.3 is 0 Å². The van der Waals surface area contributed by atoms with Crippen LogP contribution in [0.15, 0.2) is 67.0 Å². The number of nitrogens with one attached hydrogen (secondary N) is 3. The van der Waals surface area contributed by atoms with Gasteiger partial charge in [0, 0.05) is 55.5 Å². The van der Waals surface area contributed by atoms with Crippen LogP contribution in [0.25, 0.3) is 11.5 Å². The van der Waals surface area contributed by atoms with Crippen LogP contribution in [0.2, 0.25) is 0 Å². The third kappa shape index (κ3) is 6.18. The molecule has 1 fully saturated rings. The monoisotopic (exact) mass is 481 g/mol. The summed E-state index contributed by atoms with van der Waals surface area (Å²) < 4.78 is 0. The highest BCUT2D eigenvalue weighted by Gasteiger charge is 2.20. The number of benzene rings is 1. The summed E-state index contributed by atoms with van der Waals surface area (Å²) in [5, 5.41) is 10.2. The minimum atomic E-state index is 0.498. The molecule has 3 aromatic heterocycles. The van der Waals surface area contributed by atoms with Gasteiger partial charge in [-0.1, -0.05) is 18.2 Å². The minimum absolute atomic E-state index is 0.498. The smallest absolute Gasteiger partial charge is 0.229 e. The largest absolute Gasteiger partial charge is 0.325 e. The van der Waals surface area contributed by atoms with Crippen LogP contribution in [0.1, 0.15) is 25.1 Å². The second-order valence-electron chi connectivity index (χ2n) is 9.31. The minimum Gasteiger partial charge on any atom is -0.325 e. The number of pyridine rings is 1. The van der Waals surface area contributed by atoms with E-state index in [9.17, 15) is 0 Å². The molecule has 1 aromatic carbocycles. The van der Waals surface area contributed by atoms with Gasteiger partial charge in [0.2, 0.25) is 5.95 Å². The van der Waals surface area contributed by atoms with Crippen LogP contribution in [-0.2, 0) is 6.54 Å². The zero-order chi connectivity index (χ0) is 24.9. The summed E-state index contributed by atoms with van der Waals surface area (Å²) in [5.74, 6) is 2.33. The van der Waals surface area contributed by atoms with Gasteiger partial charge in [-0.15, -0.1) is 0 Å². The Morgan fingerprint density at radius 3 is 2.42 bits per heavy atom. The van der Waals surface area contributed by atoms with Crippen molar-refractivity contribution < 1.29 is 0 Å². The van der Waals surface area contributed by atoms with E-state index in [0.29, 0.717) is 35.5 Å². The Labute approximate surface area is 211 Å². The summed E-state index contributed by atoms with van der Waals surface area (Å²) in [6.45, 7) is 9.43. The van der Waals surface area contributed by atoms with E-state index in [-0.39, 0.29) is 0 Å². The fourth-order valence-corrected chi connectivity index (χ4v) is 4.54. The lowest BCUT2D eigenvalue weighted by Gasteiger charge is -2.36. The van der Waals surface area contributed by atoms with Crippen molar-refractivity contribution in [1.29, 1.82) is 0 Å². The van der Waals surface area contributed by atoms with Crippen LogP contribution in [-0.4, -0.2) is 55.0 Å². The van der Waals surface area contributed by atoms with Crippen molar-refractivity contribution in [3.8, 4) is 11.5 Å². The third-order valence-electron chi connectivity index (χ3n) is 5.91. The standard InChI is InChI=1S/C27H31N9/c1-18-6-4-9-23(31-18)26-28-12-10-24(34-26)33-25-11-13-29-27(35-25)32-22-8-5-7-21(14-22)17-36-15-19(2)30-20(3)16-36/h4-14,19-20,30H,15-17H2,1-3H3,(H2,28,29,32,33,34,35)/t19-,20+. The van der Waals surface area contributed by atoms with Gasteiger partial charge in [-0.25, -0.2) is 19.9 Å². The van der Waals surface area contributed by atoms with Crippen molar-refractivity contribution in [3.63, 3.8) is 0 Å². The van der Waals surface area contributed by atoms with Crippen molar-refractivity contribution in [2.75, 3.05) is 23.7 Å². The van der Waals surface area contributed by atoms with Crippen molar-refractivity contribution in [1.82, 2.24) is 35.1 Å².